The highest BCUT2D eigenvalue weighted by Crippen LogP contribution is 2.23. The van der Waals surface area contributed by atoms with Crippen LogP contribution in [-0.2, 0) is 7.05 Å². The summed E-state index contributed by atoms with van der Waals surface area (Å²) in [4.78, 5) is 10.7. The van der Waals surface area contributed by atoms with Crippen molar-refractivity contribution in [2.24, 2.45) is 7.05 Å². The fourth-order valence-corrected chi connectivity index (χ4v) is 1.54. The van der Waals surface area contributed by atoms with Gasteiger partial charge in [-0.1, -0.05) is 11.6 Å². The number of aromatic nitrogens is 2. The number of carbonyl (C=O) groups excluding carboxylic acids is 1. The summed E-state index contributed by atoms with van der Waals surface area (Å²) >= 11 is 5.84. The molecule has 0 aliphatic heterocycles. The van der Waals surface area contributed by atoms with Gasteiger partial charge in [-0.2, -0.15) is 5.10 Å². The Balaban J connectivity index is 2.90. The average Bonchev–Trinajstić information content (AvgIpc) is 2.45. The molecule has 3 nitrogen and oxygen atoms in total. The second-order valence-electron chi connectivity index (χ2n) is 2.81. The Morgan fingerprint density at radius 1 is 1.54 bits per heavy atom. The second kappa shape index (κ2) is 2.85. The molecular formula is C9H7ClN2O. The van der Waals surface area contributed by atoms with Crippen LogP contribution in [0, 0.1) is 0 Å². The van der Waals surface area contributed by atoms with Gasteiger partial charge in [0.2, 0.25) is 0 Å². The van der Waals surface area contributed by atoms with E-state index in [4.69, 9.17) is 11.6 Å². The first-order valence-electron chi connectivity index (χ1n) is 3.79. The zero-order valence-corrected chi connectivity index (χ0v) is 7.75. The van der Waals surface area contributed by atoms with Crippen LogP contribution in [0.15, 0.2) is 18.3 Å². The van der Waals surface area contributed by atoms with Crippen LogP contribution < -0.4 is 0 Å². The van der Waals surface area contributed by atoms with Crippen molar-refractivity contribution in [3.8, 4) is 0 Å². The SMILES string of the molecule is Cn1cc2c(C=O)c(Cl)ccc2n1. The number of nitrogens with zero attached hydrogens (tertiary/aromatic N) is 2. The molecule has 0 atom stereocenters. The van der Waals surface area contributed by atoms with E-state index in [1.807, 2.05) is 7.05 Å². The van der Waals surface area contributed by atoms with Gasteiger partial charge in [-0.25, -0.2) is 0 Å². The molecule has 0 saturated carbocycles. The topological polar surface area (TPSA) is 34.9 Å². The highest BCUT2D eigenvalue weighted by Gasteiger charge is 2.07. The molecule has 0 aliphatic rings. The van der Waals surface area contributed by atoms with Crippen molar-refractivity contribution in [3.05, 3.63) is 28.9 Å². The number of aryl methyl sites for hydroxylation is 1. The standard InChI is InChI=1S/C9H7ClN2O/c1-12-4-6-7(5-13)8(10)2-3-9(6)11-12/h2-5H,1H3. The summed E-state index contributed by atoms with van der Waals surface area (Å²) in [6.07, 6.45) is 2.54. The number of benzene rings is 1. The van der Waals surface area contributed by atoms with Gasteiger partial charge in [0.25, 0.3) is 0 Å². The quantitative estimate of drug-likeness (QED) is 0.652. The summed E-state index contributed by atoms with van der Waals surface area (Å²) in [5.74, 6) is 0. The molecule has 13 heavy (non-hydrogen) atoms. The van der Waals surface area contributed by atoms with Crippen molar-refractivity contribution in [2.45, 2.75) is 0 Å². The molecule has 1 aromatic heterocycles. The Morgan fingerprint density at radius 3 is 3.00 bits per heavy atom. The minimum absolute atomic E-state index is 0.468. The lowest BCUT2D eigenvalue weighted by atomic mass is 10.1. The molecule has 0 unspecified atom stereocenters. The van der Waals surface area contributed by atoms with Crippen LogP contribution in [0.25, 0.3) is 10.9 Å². The Bertz CT molecular complexity index is 476. The van der Waals surface area contributed by atoms with Crippen LogP contribution in [0.2, 0.25) is 5.02 Å². The Hall–Kier alpha value is -1.35. The molecule has 0 spiro atoms. The van der Waals surface area contributed by atoms with Gasteiger partial charge < -0.3 is 0 Å². The monoisotopic (exact) mass is 194 g/mol. The molecule has 0 radical (unpaired) electrons. The van der Waals surface area contributed by atoms with Gasteiger partial charge in [0, 0.05) is 24.2 Å². The van der Waals surface area contributed by atoms with Gasteiger partial charge in [-0.05, 0) is 12.1 Å². The van der Waals surface area contributed by atoms with Crippen molar-refractivity contribution in [2.75, 3.05) is 0 Å². The van der Waals surface area contributed by atoms with Gasteiger partial charge in [0.15, 0.2) is 6.29 Å². The van der Waals surface area contributed by atoms with E-state index in [-0.39, 0.29) is 0 Å². The lowest BCUT2D eigenvalue weighted by Crippen LogP contribution is -1.84. The first kappa shape index (κ1) is 8.26. The van der Waals surface area contributed by atoms with Crippen molar-refractivity contribution in [1.82, 2.24) is 9.78 Å². The summed E-state index contributed by atoms with van der Waals surface area (Å²) < 4.78 is 1.66. The van der Waals surface area contributed by atoms with E-state index in [0.717, 1.165) is 17.2 Å². The second-order valence-corrected chi connectivity index (χ2v) is 3.22. The molecule has 0 saturated heterocycles. The van der Waals surface area contributed by atoms with Crippen molar-refractivity contribution in [3.63, 3.8) is 0 Å². The molecule has 2 rings (SSSR count). The van der Waals surface area contributed by atoms with E-state index in [0.29, 0.717) is 10.6 Å². The first-order valence-corrected chi connectivity index (χ1v) is 4.17. The number of carbonyl (C=O) groups is 1. The van der Waals surface area contributed by atoms with Crippen LogP contribution in [0.1, 0.15) is 10.4 Å². The fraction of sp³-hybridized carbons (Fsp3) is 0.111. The van der Waals surface area contributed by atoms with Crippen LogP contribution in [0.3, 0.4) is 0 Å². The van der Waals surface area contributed by atoms with E-state index in [2.05, 4.69) is 5.10 Å². The predicted octanol–water partition coefficient (Wildman–Crippen LogP) is 2.04. The van der Waals surface area contributed by atoms with Crippen LogP contribution in [-0.4, -0.2) is 16.1 Å². The predicted molar refractivity (Wildman–Crippen MR) is 51.1 cm³/mol. The molecule has 4 heteroatoms. The first-order chi connectivity index (χ1) is 6.22. The molecule has 2 aromatic rings. The maximum absolute atomic E-state index is 10.7. The fourth-order valence-electron chi connectivity index (χ4n) is 1.33. The molecule has 1 aromatic carbocycles. The maximum Gasteiger partial charge on any atom is 0.152 e. The van der Waals surface area contributed by atoms with Crippen molar-refractivity contribution < 1.29 is 4.79 Å². The Morgan fingerprint density at radius 2 is 2.31 bits per heavy atom. The Kier molecular flexibility index (Phi) is 1.81. The van der Waals surface area contributed by atoms with Gasteiger partial charge in [0.1, 0.15) is 0 Å². The third-order valence-corrected chi connectivity index (χ3v) is 2.24. The highest BCUT2D eigenvalue weighted by molar-refractivity contribution is 6.34. The number of hydrogen-bond acceptors (Lipinski definition) is 2. The third-order valence-electron chi connectivity index (χ3n) is 1.91. The van der Waals surface area contributed by atoms with E-state index in [9.17, 15) is 4.79 Å². The minimum atomic E-state index is 0.468. The van der Waals surface area contributed by atoms with Crippen molar-refractivity contribution in [1.29, 1.82) is 0 Å². The lowest BCUT2D eigenvalue weighted by molar-refractivity contribution is 0.112. The average molecular weight is 195 g/mol. The van der Waals surface area contributed by atoms with Gasteiger partial charge >= 0.3 is 0 Å². The zero-order chi connectivity index (χ0) is 9.42. The summed E-state index contributed by atoms with van der Waals surface area (Å²) in [5, 5.41) is 5.43. The normalized spacial score (nSPS) is 10.6. The van der Waals surface area contributed by atoms with Crippen molar-refractivity contribution >= 4 is 28.8 Å². The minimum Gasteiger partial charge on any atom is -0.298 e. The van der Waals surface area contributed by atoms with E-state index < -0.39 is 0 Å². The Labute approximate surface area is 79.9 Å². The summed E-state index contributed by atoms with van der Waals surface area (Å²) in [7, 11) is 1.81. The van der Waals surface area contributed by atoms with Gasteiger partial charge in [-0.15, -0.1) is 0 Å². The molecular weight excluding hydrogens is 188 g/mol. The summed E-state index contributed by atoms with van der Waals surface area (Å²) in [6.45, 7) is 0. The molecule has 0 aliphatic carbocycles. The number of hydrogen-bond donors (Lipinski definition) is 0. The smallest absolute Gasteiger partial charge is 0.152 e. The molecule has 0 bridgehead atoms. The molecule has 0 N–H and O–H groups in total. The summed E-state index contributed by atoms with van der Waals surface area (Å²) in [6, 6.07) is 3.48. The summed E-state index contributed by atoms with van der Waals surface area (Å²) in [5.41, 5.74) is 1.29. The van der Waals surface area contributed by atoms with E-state index in [1.165, 1.54) is 0 Å². The zero-order valence-electron chi connectivity index (χ0n) is 6.99. The largest absolute Gasteiger partial charge is 0.298 e. The van der Waals surface area contributed by atoms with Gasteiger partial charge in [-0.3, -0.25) is 9.48 Å². The molecule has 0 amide bonds. The van der Waals surface area contributed by atoms with Crippen LogP contribution in [0.4, 0.5) is 0 Å². The van der Waals surface area contributed by atoms with E-state index in [1.54, 1.807) is 23.0 Å². The molecule has 1 heterocycles. The molecule has 66 valence electrons. The third kappa shape index (κ3) is 1.21. The maximum atomic E-state index is 10.7. The highest BCUT2D eigenvalue weighted by atomic mass is 35.5. The molecule has 0 fully saturated rings. The number of fused-ring (bicyclic) bond motifs is 1. The van der Waals surface area contributed by atoms with E-state index >= 15 is 0 Å². The van der Waals surface area contributed by atoms with Crippen LogP contribution >= 0.6 is 11.6 Å². The lowest BCUT2D eigenvalue weighted by Gasteiger charge is -1.94. The number of aldehydes is 1. The number of halogens is 1. The van der Waals surface area contributed by atoms with Crippen LogP contribution in [0.5, 0.6) is 0 Å². The number of rotatable bonds is 1. The van der Waals surface area contributed by atoms with Gasteiger partial charge in [0.05, 0.1) is 10.5 Å².